The highest BCUT2D eigenvalue weighted by molar-refractivity contribution is 5.41. The number of ether oxygens (including phenoxy) is 1. The molecule has 1 atom stereocenters. The van der Waals surface area contributed by atoms with Gasteiger partial charge in [0.25, 0.3) is 0 Å². The van der Waals surface area contributed by atoms with Gasteiger partial charge in [0.15, 0.2) is 0 Å². The molecule has 4 heteroatoms. The molecule has 0 fully saturated rings. The van der Waals surface area contributed by atoms with Gasteiger partial charge in [-0.25, -0.2) is 0 Å². The number of rotatable bonds is 4. The van der Waals surface area contributed by atoms with E-state index in [2.05, 4.69) is 0 Å². The molecule has 0 bridgehead atoms. The van der Waals surface area contributed by atoms with Crippen LogP contribution in [-0.4, -0.2) is 24.4 Å². The Bertz CT molecular complexity index is 248. The van der Waals surface area contributed by atoms with Gasteiger partial charge in [-0.2, -0.15) is 0 Å². The summed E-state index contributed by atoms with van der Waals surface area (Å²) < 4.78 is 5.23. The molecule has 0 aromatic heterocycles. The molecule has 1 rings (SSSR count). The minimum absolute atomic E-state index is 0.203. The standard InChI is InChI=1S/C9H14N2O2/c10-5-8(12)6-13-9-3-1-7(11)2-4-9/h1-4,8,12H,5-6,10-11H2. The second-order valence-corrected chi connectivity index (χ2v) is 2.77. The quantitative estimate of drug-likeness (QED) is 0.571. The minimum atomic E-state index is -0.613. The van der Waals surface area contributed by atoms with Gasteiger partial charge in [-0.1, -0.05) is 0 Å². The molecule has 4 nitrogen and oxygen atoms in total. The van der Waals surface area contributed by atoms with E-state index in [0.717, 1.165) is 0 Å². The maximum absolute atomic E-state index is 9.10. The largest absolute Gasteiger partial charge is 0.491 e. The Hall–Kier alpha value is -1.26. The van der Waals surface area contributed by atoms with Crippen LogP contribution in [0.3, 0.4) is 0 Å². The predicted molar refractivity (Wildman–Crippen MR) is 51.4 cm³/mol. The van der Waals surface area contributed by atoms with Gasteiger partial charge in [-0.05, 0) is 24.3 Å². The first kappa shape index (κ1) is 9.83. The fourth-order valence-corrected chi connectivity index (χ4v) is 0.825. The third-order valence-corrected chi connectivity index (χ3v) is 1.59. The molecule has 1 aromatic rings. The van der Waals surface area contributed by atoms with Gasteiger partial charge >= 0.3 is 0 Å². The molecule has 13 heavy (non-hydrogen) atoms. The van der Waals surface area contributed by atoms with E-state index < -0.39 is 6.10 Å². The first-order chi connectivity index (χ1) is 6.22. The van der Waals surface area contributed by atoms with Crippen LogP contribution in [0.15, 0.2) is 24.3 Å². The van der Waals surface area contributed by atoms with E-state index in [1.165, 1.54) is 0 Å². The third kappa shape index (κ3) is 3.31. The molecule has 0 saturated carbocycles. The normalized spacial score (nSPS) is 12.5. The highest BCUT2D eigenvalue weighted by Gasteiger charge is 2.01. The zero-order valence-electron chi connectivity index (χ0n) is 7.31. The summed E-state index contributed by atoms with van der Waals surface area (Å²) in [6.45, 7) is 0.412. The van der Waals surface area contributed by atoms with Gasteiger partial charge in [0.2, 0.25) is 0 Å². The van der Waals surface area contributed by atoms with Crippen LogP contribution in [0.2, 0.25) is 0 Å². The van der Waals surface area contributed by atoms with Crippen LogP contribution in [0.5, 0.6) is 5.75 Å². The highest BCUT2D eigenvalue weighted by atomic mass is 16.5. The number of hydrogen-bond donors (Lipinski definition) is 3. The van der Waals surface area contributed by atoms with Crippen molar-refractivity contribution in [3.05, 3.63) is 24.3 Å². The average molecular weight is 182 g/mol. The zero-order chi connectivity index (χ0) is 9.68. The van der Waals surface area contributed by atoms with Crippen molar-refractivity contribution in [2.75, 3.05) is 18.9 Å². The average Bonchev–Trinajstić information content (AvgIpc) is 2.16. The Morgan fingerprint density at radius 2 is 1.92 bits per heavy atom. The molecule has 0 saturated heterocycles. The molecule has 0 heterocycles. The van der Waals surface area contributed by atoms with Crippen LogP contribution in [-0.2, 0) is 0 Å². The molecule has 0 spiro atoms. The Morgan fingerprint density at radius 1 is 1.31 bits per heavy atom. The first-order valence-electron chi connectivity index (χ1n) is 4.09. The Labute approximate surface area is 77.1 Å². The monoisotopic (exact) mass is 182 g/mol. The molecule has 0 aliphatic heterocycles. The van der Waals surface area contributed by atoms with Crippen LogP contribution in [0.1, 0.15) is 0 Å². The SMILES string of the molecule is NCC(O)COc1ccc(N)cc1. The van der Waals surface area contributed by atoms with Crippen molar-refractivity contribution in [3.63, 3.8) is 0 Å². The lowest BCUT2D eigenvalue weighted by Gasteiger charge is -2.09. The van der Waals surface area contributed by atoms with Crippen LogP contribution in [0, 0.1) is 0 Å². The zero-order valence-corrected chi connectivity index (χ0v) is 7.31. The van der Waals surface area contributed by atoms with Crippen molar-refractivity contribution in [2.24, 2.45) is 5.73 Å². The van der Waals surface area contributed by atoms with E-state index in [-0.39, 0.29) is 13.2 Å². The first-order valence-corrected chi connectivity index (χ1v) is 4.09. The van der Waals surface area contributed by atoms with Crippen LogP contribution in [0.25, 0.3) is 0 Å². The lowest BCUT2D eigenvalue weighted by Crippen LogP contribution is -2.26. The summed E-state index contributed by atoms with van der Waals surface area (Å²) in [7, 11) is 0. The van der Waals surface area contributed by atoms with E-state index in [1.54, 1.807) is 24.3 Å². The van der Waals surface area contributed by atoms with E-state index in [9.17, 15) is 0 Å². The van der Waals surface area contributed by atoms with Gasteiger partial charge in [-0.3, -0.25) is 0 Å². The van der Waals surface area contributed by atoms with Gasteiger partial charge in [0.1, 0.15) is 18.5 Å². The maximum atomic E-state index is 9.10. The number of nitrogen functional groups attached to an aromatic ring is 1. The lowest BCUT2D eigenvalue weighted by molar-refractivity contribution is 0.114. The van der Waals surface area contributed by atoms with E-state index in [1.807, 2.05) is 0 Å². The number of aliphatic hydroxyl groups is 1. The van der Waals surface area contributed by atoms with Crippen LogP contribution >= 0.6 is 0 Å². The predicted octanol–water partition coefficient (Wildman–Crippen LogP) is -0.0328. The molecule has 0 amide bonds. The molecule has 72 valence electrons. The summed E-state index contributed by atoms with van der Waals surface area (Å²) in [5.74, 6) is 0.682. The van der Waals surface area contributed by atoms with Crippen molar-refractivity contribution in [1.29, 1.82) is 0 Å². The highest BCUT2D eigenvalue weighted by Crippen LogP contribution is 2.12. The van der Waals surface area contributed by atoms with Gasteiger partial charge < -0.3 is 21.3 Å². The Kier molecular flexibility index (Phi) is 3.54. The van der Waals surface area contributed by atoms with Gasteiger partial charge in [-0.15, -0.1) is 0 Å². The Balaban J connectivity index is 2.41. The van der Waals surface area contributed by atoms with E-state index in [4.69, 9.17) is 21.3 Å². The second-order valence-electron chi connectivity index (χ2n) is 2.77. The van der Waals surface area contributed by atoms with Crippen molar-refractivity contribution >= 4 is 5.69 Å². The van der Waals surface area contributed by atoms with Crippen LogP contribution in [0.4, 0.5) is 5.69 Å². The number of hydrogen-bond acceptors (Lipinski definition) is 4. The van der Waals surface area contributed by atoms with Gasteiger partial charge in [0.05, 0.1) is 0 Å². The molecule has 0 radical (unpaired) electrons. The molecule has 0 aliphatic carbocycles. The second kappa shape index (κ2) is 4.69. The van der Waals surface area contributed by atoms with E-state index in [0.29, 0.717) is 11.4 Å². The third-order valence-electron chi connectivity index (χ3n) is 1.59. The minimum Gasteiger partial charge on any atom is -0.491 e. The number of aliphatic hydroxyl groups excluding tert-OH is 1. The summed E-state index contributed by atoms with van der Waals surface area (Å²) in [4.78, 5) is 0. The molecule has 0 aliphatic rings. The topological polar surface area (TPSA) is 81.5 Å². The number of anilines is 1. The summed E-state index contributed by atoms with van der Waals surface area (Å²) in [5.41, 5.74) is 11.4. The number of nitrogens with two attached hydrogens (primary N) is 2. The Morgan fingerprint density at radius 3 is 2.46 bits per heavy atom. The van der Waals surface area contributed by atoms with Crippen molar-refractivity contribution in [2.45, 2.75) is 6.10 Å². The van der Waals surface area contributed by atoms with Gasteiger partial charge in [0, 0.05) is 12.2 Å². The molecular weight excluding hydrogens is 168 g/mol. The summed E-state index contributed by atoms with van der Waals surface area (Å²) in [6, 6.07) is 6.98. The lowest BCUT2D eigenvalue weighted by atomic mass is 10.3. The molecular formula is C9H14N2O2. The maximum Gasteiger partial charge on any atom is 0.119 e. The smallest absolute Gasteiger partial charge is 0.119 e. The molecule has 5 N–H and O–H groups in total. The van der Waals surface area contributed by atoms with Crippen molar-refractivity contribution in [3.8, 4) is 5.75 Å². The van der Waals surface area contributed by atoms with Crippen LogP contribution < -0.4 is 16.2 Å². The fourth-order valence-electron chi connectivity index (χ4n) is 0.825. The molecule has 1 unspecified atom stereocenters. The fraction of sp³-hybridized carbons (Fsp3) is 0.333. The van der Waals surface area contributed by atoms with E-state index >= 15 is 0 Å². The summed E-state index contributed by atoms with van der Waals surface area (Å²) in [5, 5.41) is 9.10. The summed E-state index contributed by atoms with van der Waals surface area (Å²) in [6.07, 6.45) is -0.613. The van der Waals surface area contributed by atoms with Crippen molar-refractivity contribution < 1.29 is 9.84 Å². The molecule has 1 aromatic carbocycles. The van der Waals surface area contributed by atoms with Crippen molar-refractivity contribution in [1.82, 2.24) is 0 Å². The number of benzene rings is 1. The summed E-state index contributed by atoms with van der Waals surface area (Å²) >= 11 is 0.